The Morgan fingerprint density at radius 3 is 2.50 bits per heavy atom. The van der Waals surface area contributed by atoms with E-state index in [4.69, 9.17) is 9.47 Å². The zero-order valence-electron chi connectivity index (χ0n) is 18.7. The van der Waals surface area contributed by atoms with Gasteiger partial charge in [-0.15, -0.1) is 0 Å². The normalized spacial score (nSPS) is 21.4. The van der Waals surface area contributed by atoms with Gasteiger partial charge in [-0.3, -0.25) is 14.6 Å². The third-order valence-corrected chi connectivity index (χ3v) is 6.71. The second-order valence-corrected chi connectivity index (χ2v) is 9.11. The molecule has 2 saturated heterocycles. The van der Waals surface area contributed by atoms with Crippen LogP contribution < -0.4 is 14.8 Å². The summed E-state index contributed by atoms with van der Waals surface area (Å²) >= 11 is 0. The van der Waals surface area contributed by atoms with E-state index >= 15 is 0 Å². The van der Waals surface area contributed by atoms with Gasteiger partial charge >= 0.3 is 0 Å². The van der Waals surface area contributed by atoms with Crippen molar-refractivity contribution in [1.29, 1.82) is 0 Å². The van der Waals surface area contributed by atoms with Gasteiger partial charge in [0.05, 0.1) is 19.8 Å². The minimum atomic E-state index is 0.0403. The summed E-state index contributed by atoms with van der Waals surface area (Å²) in [6.07, 6.45) is 5.66. The summed E-state index contributed by atoms with van der Waals surface area (Å²) in [6.45, 7) is 6.10. The van der Waals surface area contributed by atoms with Crippen LogP contribution in [-0.2, 0) is 11.3 Å². The van der Waals surface area contributed by atoms with Crippen LogP contribution in [0.4, 0.5) is 5.69 Å². The molecule has 3 aliphatic rings. The molecule has 0 radical (unpaired) electrons. The first-order chi connectivity index (χ1) is 15.7. The average molecular weight is 436 g/mol. The lowest BCUT2D eigenvalue weighted by molar-refractivity contribution is -0.117. The van der Waals surface area contributed by atoms with Gasteiger partial charge in [0.25, 0.3) is 0 Å². The molecule has 1 N–H and O–H groups in total. The fourth-order valence-corrected chi connectivity index (χ4v) is 5.06. The van der Waals surface area contributed by atoms with E-state index in [1.54, 1.807) is 0 Å². The van der Waals surface area contributed by atoms with Gasteiger partial charge in [-0.1, -0.05) is 18.2 Å². The third kappa shape index (κ3) is 5.08. The number of ether oxygens (including phenoxy) is 2. The quantitative estimate of drug-likeness (QED) is 0.736. The Hall–Kier alpha value is -2.57. The number of carbonyl (C=O) groups is 1. The van der Waals surface area contributed by atoms with Crippen molar-refractivity contribution in [2.75, 3.05) is 44.7 Å². The predicted molar refractivity (Wildman–Crippen MR) is 125 cm³/mol. The van der Waals surface area contributed by atoms with Gasteiger partial charge < -0.3 is 14.8 Å². The van der Waals surface area contributed by atoms with Crippen molar-refractivity contribution >= 4 is 11.6 Å². The number of carbonyl (C=O) groups excluding carboxylic acids is 1. The molecule has 2 aromatic rings. The number of amides is 1. The minimum absolute atomic E-state index is 0.0403. The SMILES string of the molecule is O=C(CN1CCC[C@H]1c1ccc2c(c1)OCCCO2)Nc1ccc(CN2CCCC2)cc1. The van der Waals surface area contributed by atoms with Gasteiger partial charge in [-0.25, -0.2) is 0 Å². The number of benzene rings is 2. The van der Waals surface area contributed by atoms with Crippen LogP contribution in [0.5, 0.6) is 11.5 Å². The van der Waals surface area contributed by atoms with Crippen molar-refractivity contribution in [3.63, 3.8) is 0 Å². The number of fused-ring (bicyclic) bond motifs is 1. The summed E-state index contributed by atoms with van der Waals surface area (Å²) < 4.78 is 11.6. The summed E-state index contributed by atoms with van der Waals surface area (Å²) in [5, 5.41) is 3.08. The van der Waals surface area contributed by atoms with Crippen LogP contribution in [-0.4, -0.2) is 55.1 Å². The fraction of sp³-hybridized carbons (Fsp3) is 0.500. The summed E-state index contributed by atoms with van der Waals surface area (Å²) in [4.78, 5) is 17.5. The van der Waals surface area contributed by atoms with Gasteiger partial charge in [0.1, 0.15) is 0 Å². The number of likely N-dealkylation sites (tertiary alicyclic amines) is 2. The van der Waals surface area contributed by atoms with Crippen LogP contribution in [0.1, 0.15) is 49.3 Å². The Labute approximate surface area is 190 Å². The molecule has 0 spiro atoms. The zero-order chi connectivity index (χ0) is 21.8. The monoisotopic (exact) mass is 435 g/mol. The van der Waals surface area contributed by atoms with Gasteiger partial charge in [0.15, 0.2) is 11.5 Å². The second kappa shape index (κ2) is 9.92. The van der Waals surface area contributed by atoms with Crippen molar-refractivity contribution in [3.8, 4) is 11.5 Å². The van der Waals surface area contributed by atoms with Crippen LogP contribution >= 0.6 is 0 Å². The van der Waals surface area contributed by atoms with Gasteiger partial charge in [0, 0.05) is 24.7 Å². The standard InChI is InChI=1S/C26H33N3O3/c30-26(27-22-9-6-20(7-10-22)18-28-12-1-2-13-28)19-29-14-3-5-23(29)21-8-11-24-25(17-21)32-16-4-15-31-24/h6-11,17,23H,1-5,12-16,18-19H2,(H,27,30)/t23-/m0/s1. The first-order valence-corrected chi connectivity index (χ1v) is 12.0. The molecular formula is C26H33N3O3. The maximum absolute atomic E-state index is 12.8. The van der Waals surface area contributed by atoms with E-state index in [1.807, 2.05) is 18.2 Å². The molecule has 0 bridgehead atoms. The molecular weight excluding hydrogens is 402 g/mol. The predicted octanol–water partition coefficient (Wildman–Crippen LogP) is 4.22. The highest BCUT2D eigenvalue weighted by Crippen LogP contribution is 2.37. The Bertz CT molecular complexity index is 924. The van der Waals surface area contributed by atoms with Crippen molar-refractivity contribution in [2.45, 2.75) is 44.7 Å². The molecule has 1 atom stereocenters. The lowest BCUT2D eigenvalue weighted by Crippen LogP contribution is -2.33. The number of rotatable bonds is 6. The largest absolute Gasteiger partial charge is 0.490 e. The molecule has 3 heterocycles. The number of hydrogen-bond acceptors (Lipinski definition) is 5. The van der Waals surface area contributed by atoms with Gasteiger partial charge in [-0.2, -0.15) is 0 Å². The molecule has 2 aromatic carbocycles. The molecule has 3 aliphatic heterocycles. The summed E-state index contributed by atoms with van der Waals surface area (Å²) in [5.74, 6) is 1.69. The highest BCUT2D eigenvalue weighted by Gasteiger charge is 2.28. The highest BCUT2D eigenvalue weighted by atomic mass is 16.5. The first-order valence-electron chi connectivity index (χ1n) is 12.0. The Morgan fingerprint density at radius 1 is 0.906 bits per heavy atom. The van der Waals surface area contributed by atoms with Crippen molar-refractivity contribution in [1.82, 2.24) is 9.80 Å². The van der Waals surface area contributed by atoms with E-state index in [0.29, 0.717) is 19.8 Å². The lowest BCUT2D eigenvalue weighted by atomic mass is 10.0. The fourth-order valence-electron chi connectivity index (χ4n) is 5.06. The highest BCUT2D eigenvalue weighted by molar-refractivity contribution is 5.92. The van der Waals surface area contributed by atoms with Gasteiger partial charge in [0.2, 0.25) is 5.91 Å². The van der Waals surface area contributed by atoms with E-state index in [2.05, 4.69) is 39.4 Å². The molecule has 0 saturated carbocycles. The Morgan fingerprint density at radius 2 is 1.69 bits per heavy atom. The maximum Gasteiger partial charge on any atom is 0.238 e. The third-order valence-electron chi connectivity index (χ3n) is 6.71. The van der Waals surface area contributed by atoms with E-state index in [-0.39, 0.29) is 11.9 Å². The van der Waals surface area contributed by atoms with Crippen molar-refractivity contribution in [2.24, 2.45) is 0 Å². The van der Waals surface area contributed by atoms with Crippen molar-refractivity contribution < 1.29 is 14.3 Å². The molecule has 1 amide bonds. The molecule has 5 rings (SSSR count). The van der Waals surface area contributed by atoms with Gasteiger partial charge in [-0.05, 0) is 80.7 Å². The van der Waals surface area contributed by atoms with Crippen LogP contribution in [0, 0.1) is 0 Å². The Kier molecular flexibility index (Phi) is 6.60. The van der Waals surface area contributed by atoms with Crippen LogP contribution in [0.25, 0.3) is 0 Å². The number of anilines is 1. The topological polar surface area (TPSA) is 54.0 Å². The molecule has 6 heteroatoms. The molecule has 2 fully saturated rings. The van der Waals surface area contributed by atoms with Crippen LogP contribution in [0.15, 0.2) is 42.5 Å². The zero-order valence-corrected chi connectivity index (χ0v) is 18.7. The average Bonchev–Trinajstić information content (AvgIpc) is 3.42. The maximum atomic E-state index is 12.8. The molecule has 0 aromatic heterocycles. The van der Waals surface area contributed by atoms with Crippen LogP contribution in [0.3, 0.4) is 0 Å². The second-order valence-electron chi connectivity index (χ2n) is 9.11. The molecule has 0 unspecified atom stereocenters. The molecule has 6 nitrogen and oxygen atoms in total. The van der Waals surface area contributed by atoms with E-state index in [0.717, 1.165) is 49.5 Å². The molecule has 170 valence electrons. The summed E-state index contributed by atoms with van der Waals surface area (Å²) in [5.41, 5.74) is 3.37. The number of hydrogen-bond donors (Lipinski definition) is 1. The Balaban J connectivity index is 1.18. The molecule has 0 aliphatic carbocycles. The smallest absolute Gasteiger partial charge is 0.238 e. The minimum Gasteiger partial charge on any atom is -0.490 e. The van der Waals surface area contributed by atoms with Crippen LogP contribution in [0.2, 0.25) is 0 Å². The van der Waals surface area contributed by atoms with E-state index in [1.165, 1.54) is 37.1 Å². The van der Waals surface area contributed by atoms with E-state index in [9.17, 15) is 4.79 Å². The van der Waals surface area contributed by atoms with E-state index < -0.39 is 0 Å². The summed E-state index contributed by atoms with van der Waals surface area (Å²) in [6, 6.07) is 14.8. The number of nitrogens with zero attached hydrogens (tertiary/aromatic N) is 2. The lowest BCUT2D eigenvalue weighted by Gasteiger charge is -2.25. The molecule has 32 heavy (non-hydrogen) atoms. The first kappa shape index (κ1) is 21.3. The summed E-state index contributed by atoms with van der Waals surface area (Å²) in [7, 11) is 0. The van der Waals surface area contributed by atoms with Crippen molar-refractivity contribution in [3.05, 3.63) is 53.6 Å². The number of nitrogens with one attached hydrogen (secondary N) is 1.